The van der Waals surface area contributed by atoms with E-state index in [4.69, 9.17) is 9.47 Å². The summed E-state index contributed by atoms with van der Waals surface area (Å²) in [5.74, 6) is 1.51. The first-order valence-electron chi connectivity index (χ1n) is 7.90. The summed E-state index contributed by atoms with van der Waals surface area (Å²) in [7, 11) is 0. The summed E-state index contributed by atoms with van der Waals surface area (Å²) in [6.07, 6.45) is 3.78. The van der Waals surface area contributed by atoms with Crippen molar-refractivity contribution in [1.29, 1.82) is 0 Å². The number of hydrogen-bond donors (Lipinski definition) is 1. The molecular formula is C17H27NO2. The molecule has 0 saturated carbocycles. The van der Waals surface area contributed by atoms with E-state index in [0.717, 1.165) is 25.4 Å². The van der Waals surface area contributed by atoms with E-state index in [-0.39, 0.29) is 6.10 Å². The summed E-state index contributed by atoms with van der Waals surface area (Å²) in [5.41, 5.74) is 1.25. The maximum absolute atomic E-state index is 6.04. The molecule has 0 amide bonds. The standard InChI is InChI=1S/C17H27NO2/c1-3-10-18-13-15-8-6-11-20-17(15)14-7-5-9-16(12-14)19-4-2/h5,7,9,12,15,17-18H,3-4,6,8,10-11,13H2,1-2H3. The Morgan fingerprint density at radius 1 is 1.35 bits per heavy atom. The molecule has 1 heterocycles. The van der Waals surface area contributed by atoms with E-state index in [9.17, 15) is 0 Å². The summed E-state index contributed by atoms with van der Waals surface area (Å²) in [4.78, 5) is 0. The Balaban J connectivity index is 2.04. The molecule has 1 aliphatic heterocycles. The van der Waals surface area contributed by atoms with Crippen molar-refractivity contribution in [2.45, 2.75) is 39.2 Å². The van der Waals surface area contributed by atoms with Crippen molar-refractivity contribution in [3.05, 3.63) is 29.8 Å². The smallest absolute Gasteiger partial charge is 0.119 e. The predicted molar refractivity (Wildman–Crippen MR) is 82.2 cm³/mol. The zero-order chi connectivity index (χ0) is 14.2. The Kier molecular flexibility index (Phi) is 6.34. The lowest BCUT2D eigenvalue weighted by molar-refractivity contribution is -0.0278. The number of benzene rings is 1. The molecule has 0 radical (unpaired) electrons. The molecule has 0 bridgehead atoms. The number of nitrogens with one attached hydrogen (secondary N) is 1. The minimum atomic E-state index is 0.202. The maximum atomic E-state index is 6.04. The number of ether oxygens (including phenoxy) is 2. The summed E-state index contributed by atoms with van der Waals surface area (Å²) >= 11 is 0. The van der Waals surface area contributed by atoms with Crippen molar-refractivity contribution < 1.29 is 9.47 Å². The first-order chi connectivity index (χ1) is 9.85. The van der Waals surface area contributed by atoms with Crippen LogP contribution in [0.2, 0.25) is 0 Å². The fourth-order valence-electron chi connectivity index (χ4n) is 2.83. The molecular weight excluding hydrogens is 250 g/mol. The molecule has 1 aliphatic rings. The minimum absolute atomic E-state index is 0.202. The van der Waals surface area contributed by atoms with Crippen molar-refractivity contribution in [2.75, 3.05) is 26.3 Å². The highest BCUT2D eigenvalue weighted by Gasteiger charge is 2.27. The zero-order valence-electron chi connectivity index (χ0n) is 12.7. The average molecular weight is 277 g/mol. The van der Waals surface area contributed by atoms with Gasteiger partial charge in [-0.25, -0.2) is 0 Å². The third-order valence-corrected chi connectivity index (χ3v) is 3.78. The molecule has 0 aromatic heterocycles. The molecule has 1 aromatic carbocycles. The van der Waals surface area contributed by atoms with Gasteiger partial charge in [0.25, 0.3) is 0 Å². The SMILES string of the molecule is CCCNCC1CCCOC1c1cccc(OCC)c1. The predicted octanol–water partition coefficient (Wildman–Crippen LogP) is 3.55. The largest absolute Gasteiger partial charge is 0.494 e. The quantitative estimate of drug-likeness (QED) is 0.773. The van der Waals surface area contributed by atoms with Gasteiger partial charge in [0, 0.05) is 19.1 Å². The monoisotopic (exact) mass is 277 g/mol. The molecule has 112 valence electrons. The van der Waals surface area contributed by atoms with Gasteiger partial charge >= 0.3 is 0 Å². The summed E-state index contributed by atoms with van der Waals surface area (Å²) in [6.45, 7) is 7.92. The van der Waals surface area contributed by atoms with Gasteiger partial charge in [0.15, 0.2) is 0 Å². The fourth-order valence-corrected chi connectivity index (χ4v) is 2.83. The first-order valence-corrected chi connectivity index (χ1v) is 7.90. The average Bonchev–Trinajstić information content (AvgIpc) is 2.49. The van der Waals surface area contributed by atoms with Gasteiger partial charge in [-0.2, -0.15) is 0 Å². The summed E-state index contributed by atoms with van der Waals surface area (Å²) < 4.78 is 11.6. The second kappa shape index (κ2) is 8.28. The molecule has 20 heavy (non-hydrogen) atoms. The molecule has 3 heteroatoms. The third kappa shape index (κ3) is 4.22. The van der Waals surface area contributed by atoms with Gasteiger partial charge in [-0.1, -0.05) is 19.1 Å². The van der Waals surface area contributed by atoms with E-state index in [2.05, 4.69) is 30.4 Å². The molecule has 1 N–H and O–H groups in total. The molecule has 2 unspecified atom stereocenters. The minimum Gasteiger partial charge on any atom is -0.494 e. The molecule has 1 fully saturated rings. The molecule has 1 aromatic rings. The fraction of sp³-hybridized carbons (Fsp3) is 0.647. The zero-order valence-corrected chi connectivity index (χ0v) is 12.7. The van der Waals surface area contributed by atoms with Crippen LogP contribution in [-0.4, -0.2) is 26.3 Å². The van der Waals surface area contributed by atoms with Gasteiger partial charge in [-0.05, 0) is 50.4 Å². The molecule has 2 rings (SSSR count). The van der Waals surface area contributed by atoms with Gasteiger partial charge in [0.05, 0.1) is 12.7 Å². The normalized spacial score (nSPS) is 22.7. The van der Waals surface area contributed by atoms with E-state index in [1.54, 1.807) is 0 Å². The van der Waals surface area contributed by atoms with Crippen LogP contribution in [0.3, 0.4) is 0 Å². The van der Waals surface area contributed by atoms with E-state index >= 15 is 0 Å². The van der Waals surface area contributed by atoms with Gasteiger partial charge in [0.2, 0.25) is 0 Å². The molecule has 3 nitrogen and oxygen atoms in total. The van der Waals surface area contributed by atoms with Crippen LogP contribution in [0.5, 0.6) is 5.75 Å². The highest BCUT2D eigenvalue weighted by Crippen LogP contribution is 2.34. The highest BCUT2D eigenvalue weighted by molar-refractivity contribution is 5.30. The third-order valence-electron chi connectivity index (χ3n) is 3.78. The van der Waals surface area contributed by atoms with Crippen LogP contribution in [0.25, 0.3) is 0 Å². The molecule has 0 aliphatic carbocycles. The van der Waals surface area contributed by atoms with Crippen molar-refractivity contribution in [3.8, 4) is 5.75 Å². The first kappa shape index (κ1) is 15.3. The van der Waals surface area contributed by atoms with Crippen molar-refractivity contribution in [3.63, 3.8) is 0 Å². The summed E-state index contributed by atoms with van der Waals surface area (Å²) in [5, 5.41) is 3.53. The van der Waals surface area contributed by atoms with E-state index in [1.807, 2.05) is 13.0 Å². The van der Waals surface area contributed by atoms with Crippen LogP contribution in [0.15, 0.2) is 24.3 Å². The van der Waals surface area contributed by atoms with Gasteiger partial charge in [-0.15, -0.1) is 0 Å². The number of rotatable bonds is 7. The van der Waals surface area contributed by atoms with Crippen LogP contribution in [0, 0.1) is 5.92 Å². The van der Waals surface area contributed by atoms with Crippen LogP contribution >= 0.6 is 0 Å². The van der Waals surface area contributed by atoms with E-state index in [1.165, 1.54) is 24.8 Å². The lowest BCUT2D eigenvalue weighted by Gasteiger charge is -2.32. The Bertz CT molecular complexity index is 394. The molecule has 1 saturated heterocycles. The van der Waals surface area contributed by atoms with Crippen LogP contribution < -0.4 is 10.1 Å². The number of hydrogen-bond acceptors (Lipinski definition) is 3. The second-order valence-electron chi connectivity index (χ2n) is 5.40. The molecule has 0 spiro atoms. The van der Waals surface area contributed by atoms with Gasteiger partial charge in [-0.3, -0.25) is 0 Å². The Morgan fingerprint density at radius 3 is 3.05 bits per heavy atom. The second-order valence-corrected chi connectivity index (χ2v) is 5.40. The van der Waals surface area contributed by atoms with Crippen molar-refractivity contribution >= 4 is 0 Å². The lowest BCUT2D eigenvalue weighted by atomic mass is 9.89. The molecule has 2 atom stereocenters. The van der Waals surface area contributed by atoms with Gasteiger partial charge in [0.1, 0.15) is 5.75 Å². The van der Waals surface area contributed by atoms with E-state index in [0.29, 0.717) is 12.5 Å². The topological polar surface area (TPSA) is 30.5 Å². The van der Waals surface area contributed by atoms with Gasteiger partial charge < -0.3 is 14.8 Å². The van der Waals surface area contributed by atoms with Crippen molar-refractivity contribution in [2.24, 2.45) is 5.92 Å². The van der Waals surface area contributed by atoms with Crippen LogP contribution in [0.4, 0.5) is 0 Å². The highest BCUT2D eigenvalue weighted by atomic mass is 16.5. The van der Waals surface area contributed by atoms with E-state index < -0.39 is 0 Å². The van der Waals surface area contributed by atoms with Crippen molar-refractivity contribution in [1.82, 2.24) is 5.32 Å². The summed E-state index contributed by atoms with van der Waals surface area (Å²) in [6, 6.07) is 8.37. The van der Waals surface area contributed by atoms with Crippen LogP contribution in [0.1, 0.15) is 44.8 Å². The van der Waals surface area contributed by atoms with Crippen LogP contribution in [-0.2, 0) is 4.74 Å². The Morgan fingerprint density at radius 2 is 2.25 bits per heavy atom. The maximum Gasteiger partial charge on any atom is 0.119 e. The lowest BCUT2D eigenvalue weighted by Crippen LogP contribution is -2.32. The Hall–Kier alpha value is -1.06. The Labute approximate surface area is 122 Å².